The first kappa shape index (κ1) is 14.4. The molecule has 0 saturated heterocycles. The molecule has 0 aliphatic carbocycles. The van der Waals surface area contributed by atoms with Crippen LogP contribution in [0.25, 0.3) is 0 Å². The number of carboxylic acids is 1. The minimum absolute atomic E-state index is 0.0494. The predicted molar refractivity (Wildman–Crippen MR) is 71.6 cm³/mol. The van der Waals surface area contributed by atoms with Crippen molar-refractivity contribution in [3.63, 3.8) is 0 Å². The molecule has 5 nitrogen and oxygen atoms in total. The Balaban J connectivity index is 2.90. The maximum atomic E-state index is 11.6. The van der Waals surface area contributed by atoms with E-state index in [1.165, 1.54) is 19.2 Å². The smallest absolute Gasteiger partial charge is 0.337 e. The van der Waals surface area contributed by atoms with Crippen molar-refractivity contribution in [3.05, 3.63) is 23.8 Å². The molecule has 0 aromatic heterocycles. The SMILES string of the molecule is COc1ccc(C(=O)O)c(NC(=O)CCSC)c1. The minimum Gasteiger partial charge on any atom is -0.497 e. The molecule has 0 atom stereocenters. The molecule has 1 aromatic carbocycles. The van der Waals surface area contributed by atoms with E-state index >= 15 is 0 Å². The Labute approximate surface area is 110 Å². The van der Waals surface area contributed by atoms with Crippen LogP contribution in [0.1, 0.15) is 16.8 Å². The van der Waals surface area contributed by atoms with Crippen molar-refractivity contribution in [1.82, 2.24) is 0 Å². The third kappa shape index (κ3) is 3.96. The number of hydrogen-bond acceptors (Lipinski definition) is 4. The summed E-state index contributed by atoms with van der Waals surface area (Å²) in [4.78, 5) is 22.6. The molecule has 0 fully saturated rings. The summed E-state index contributed by atoms with van der Waals surface area (Å²) < 4.78 is 5.00. The molecule has 0 radical (unpaired) electrons. The lowest BCUT2D eigenvalue weighted by molar-refractivity contribution is -0.115. The van der Waals surface area contributed by atoms with Crippen LogP contribution in [0.2, 0.25) is 0 Å². The van der Waals surface area contributed by atoms with Gasteiger partial charge in [-0.1, -0.05) is 0 Å². The van der Waals surface area contributed by atoms with Gasteiger partial charge in [0, 0.05) is 18.2 Å². The Kier molecular flexibility index (Phi) is 5.51. The molecule has 2 N–H and O–H groups in total. The lowest BCUT2D eigenvalue weighted by Gasteiger charge is -2.10. The molecule has 1 aromatic rings. The van der Waals surface area contributed by atoms with E-state index in [1.807, 2.05) is 6.26 Å². The van der Waals surface area contributed by atoms with Crippen LogP contribution in [0.15, 0.2) is 18.2 Å². The number of methoxy groups -OCH3 is 1. The third-order valence-corrected chi connectivity index (χ3v) is 2.88. The lowest BCUT2D eigenvalue weighted by atomic mass is 10.1. The van der Waals surface area contributed by atoms with Gasteiger partial charge in [-0.05, 0) is 18.4 Å². The van der Waals surface area contributed by atoms with Crippen molar-refractivity contribution < 1.29 is 19.4 Å². The van der Waals surface area contributed by atoms with Gasteiger partial charge in [0.25, 0.3) is 0 Å². The summed E-state index contributed by atoms with van der Waals surface area (Å²) in [5.41, 5.74) is 0.307. The number of carbonyl (C=O) groups excluding carboxylic acids is 1. The van der Waals surface area contributed by atoms with E-state index in [1.54, 1.807) is 17.8 Å². The molecule has 18 heavy (non-hydrogen) atoms. The van der Waals surface area contributed by atoms with E-state index in [9.17, 15) is 9.59 Å². The predicted octanol–water partition coefficient (Wildman–Crippen LogP) is 2.08. The molecule has 0 aliphatic rings. The zero-order valence-electron chi connectivity index (χ0n) is 10.2. The van der Waals surface area contributed by atoms with E-state index in [0.29, 0.717) is 17.9 Å². The highest BCUT2D eigenvalue weighted by atomic mass is 32.2. The maximum Gasteiger partial charge on any atom is 0.337 e. The molecule has 0 spiro atoms. The van der Waals surface area contributed by atoms with Crippen LogP contribution in [-0.2, 0) is 4.79 Å². The Hall–Kier alpha value is -1.69. The standard InChI is InChI=1S/C12H15NO4S/c1-17-8-3-4-9(12(15)16)10(7-8)13-11(14)5-6-18-2/h3-4,7H,5-6H2,1-2H3,(H,13,14)(H,15,16). The Morgan fingerprint density at radius 1 is 1.44 bits per heavy atom. The zero-order chi connectivity index (χ0) is 13.5. The van der Waals surface area contributed by atoms with E-state index in [4.69, 9.17) is 9.84 Å². The number of aromatic carboxylic acids is 1. The van der Waals surface area contributed by atoms with E-state index in [-0.39, 0.29) is 17.2 Å². The van der Waals surface area contributed by atoms with Crippen LogP contribution >= 0.6 is 11.8 Å². The van der Waals surface area contributed by atoms with Crippen LogP contribution in [0.3, 0.4) is 0 Å². The normalized spacial score (nSPS) is 9.89. The first-order valence-corrected chi connectivity index (χ1v) is 6.68. The molecule has 0 aliphatic heterocycles. The summed E-state index contributed by atoms with van der Waals surface area (Å²) in [5, 5.41) is 11.6. The van der Waals surface area contributed by atoms with Crippen LogP contribution in [0.5, 0.6) is 5.75 Å². The van der Waals surface area contributed by atoms with Crippen molar-refractivity contribution >= 4 is 29.3 Å². The number of carbonyl (C=O) groups is 2. The van der Waals surface area contributed by atoms with Gasteiger partial charge in [-0.2, -0.15) is 11.8 Å². The van der Waals surface area contributed by atoms with Crippen LogP contribution in [-0.4, -0.2) is 36.1 Å². The Morgan fingerprint density at radius 3 is 2.72 bits per heavy atom. The fourth-order valence-corrected chi connectivity index (χ4v) is 1.74. The van der Waals surface area contributed by atoms with E-state index in [2.05, 4.69) is 5.32 Å². The molecule has 1 amide bonds. The minimum atomic E-state index is -1.09. The molecule has 0 bridgehead atoms. The summed E-state index contributed by atoms with van der Waals surface area (Å²) in [6, 6.07) is 4.45. The van der Waals surface area contributed by atoms with Gasteiger partial charge in [0.05, 0.1) is 18.4 Å². The van der Waals surface area contributed by atoms with Crippen molar-refractivity contribution in [2.24, 2.45) is 0 Å². The van der Waals surface area contributed by atoms with Gasteiger partial charge >= 0.3 is 5.97 Å². The second kappa shape index (κ2) is 6.90. The topological polar surface area (TPSA) is 75.6 Å². The van der Waals surface area contributed by atoms with Crippen LogP contribution in [0.4, 0.5) is 5.69 Å². The number of amides is 1. The first-order valence-electron chi connectivity index (χ1n) is 5.28. The van der Waals surface area contributed by atoms with Gasteiger partial charge in [0.15, 0.2) is 0 Å². The largest absolute Gasteiger partial charge is 0.497 e. The molecule has 0 heterocycles. The average Bonchev–Trinajstić information content (AvgIpc) is 2.35. The average molecular weight is 269 g/mol. The number of carboxylic acid groups (broad SMARTS) is 1. The summed E-state index contributed by atoms with van der Waals surface area (Å²) in [5.74, 6) is -0.101. The highest BCUT2D eigenvalue weighted by Gasteiger charge is 2.13. The number of rotatable bonds is 6. The van der Waals surface area contributed by atoms with Crippen LogP contribution < -0.4 is 10.1 Å². The van der Waals surface area contributed by atoms with Gasteiger partial charge in [-0.3, -0.25) is 4.79 Å². The number of hydrogen-bond donors (Lipinski definition) is 2. The molecule has 6 heteroatoms. The quantitative estimate of drug-likeness (QED) is 0.827. The number of thioether (sulfide) groups is 1. The highest BCUT2D eigenvalue weighted by Crippen LogP contribution is 2.22. The van der Waals surface area contributed by atoms with Crippen molar-refractivity contribution in [2.45, 2.75) is 6.42 Å². The summed E-state index contributed by atoms with van der Waals surface area (Å²) in [7, 11) is 1.48. The first-order chi connectivity index (χ1) is 8.58. The number of ether oxygens (including phenoxy) is 1. The maximum absolute atomic E-state index is 11.6. The van der Waals surface area contributed by atoms with Gasteiger partial charge < -0.3 is 15.2 Å². The van der Waals surface area contributed by atoms with Gasteiger partial charge in [0.1, 0.15) is 5.75 Å². The number of nitrogens with one attached hydrogen (secondary N) is 1. The van der Waals surface area contributed by atoms with Crippen molar-refractivity contribution in [3.8, 4) is 5.75 Å². The number of anilines is 1. The van der Waals surface area contributed by atoms with Crippen LogP contribution in [0, 0.1) is 0 Å². The Morgan fingerprint density at radius 2 is 2.17 bits per heavy atom. The van der Waals surface area contributed by atoms with Gasteiger partial charge in [-0.25, -0.2) is 4.79 Å². The summed E-state index contributed by atoms with van der Waals surface area (Å²) in [6.45, 7) is 0. The molecular formula is C12H15NO4S. The Bertz CT molecular complexity index is 448. The molecular weight excluding hydrogens is 254 g/mol. The number of benzene rings is 1. The molecule has 0 unspecified atom stereocenters. The van der Waals surface area contributed by atoms with Gasteiger partial charge in [0.2, 0.25) is 5.91 Å². The highest BCUT2D eigenvalue weighted by molar-refractivity contribution is 7.98. The van der Waals surface area contributed by atoms with Gasteiger partial charge in [-0.15, -0.1) is 0 Å². The fraction of sp³-hybridized carbons (Fsp3) is 0.333. The van der Waals surface area contributed by atoms with E-state index < -0.39 is 5.97 Å². The molecule has 98 valence electrons. The third-order valence-electron chi connectivity index (χ3n) is 2.26. The fourth-order valence-electron chi connectivity index (χ4n) is 1.35. The monoisotopic (exact) mass is 269 g/mol. The molecule has 1 rings (SSSR count). The zero-order valence-corrected chi connectivity index (χ0v) is 11.0. The van der Waals surface area contributed by atoms with Crippen molar-refractivity contribution in [1.29, 1.82) is 0 Å². The van der Waals surface area contributed by atoms with Crippen molar-refractivity contribution in [2.75, 3.05) is 24.4 Å². The summed E-state index contributed by atoms with van der Waals surface area (Å²) in [6.07, 6.45) is 2.25. The lowest BCUT2D eigenvalue weighted by Crippen LogP contribution is -2.15. The summed E-state index contributed by atoms with van der Waals surface area (Å²) >= 11 is 1.56. The van der Waals surface area contributed by atoms with E-state index in [0.717, 1.165) is 0 Å². The second-order valence-electron chi connectivity index (χ2n) is 3.51. The molecule has 0 saturated carbocycles. The second-order valence-corrected chi connectivity index (χ2v) is 4.49.